The van der Waals surface area contributed by atoms with Crippen molar-refractivity contribution in [2.24, 2.45) is 0 Å². The molecule has 19 heavy (non-hydrogen) atoms. The Labute approximate surface area is 111 Å². The second-order valence-electron chi connectivity index (χ2n) is 4.70. The molecular weight excluding hydrogens is 242 g/mol. The number of nitrogens with zero attached hydrogens (tertiary/aromatic N) is 4. The first-order valence-electron chi connectivity index (χ1n) is 6.55. The van der Waals surface area contributed by atoms with Crippen LogP contribution < -0.4 is 10.2 Å². The summed E-state index contributed by atoms with van der Waals surface area (Å²) in [4.78, 5) is 10.5. The fourth-order valence-corrected chi connectivity index (χ4v) is 2.40. The molecule has 1 N–H and O–H groups in total. The van der Waals surface area contributed by atoms with E-state index in [2.05, 4.69) is 37.5 Å². The Hall–Kier alpha value is -1.95. The minimum absolute atomic E-state index is 0.525. The van der Waals surface area contributed by atoms with Crippen molar-refractivity contribution in [1.29, 1.82) is 0 Å². The van der Waals surface area contributed by atoms with Crippen LogP contribution in [0.5, 0.6) is 0 Å². The molecule has 0 aromatic carbocycles. The number of pyridine rings is 1. The number of anilines is 1. The summed E-state index contributed by atoms with van der Waals surface area (Å²) in [6.45, 7) is 2.80. The highest BCUT2D eigenvalue weighted by Crippen LogP contribution is 2.18. The maximum absolute atomic E-state index is 4.71. The highest BCUT2D eigenvalue weighted by Gasteiger charge is 2.19. The Morgan fingerprint density at radius 2 is 2.05 bits per heavy atom. The van der Waals surface area contributed by atoms with E-state index in [1.54, 1.807) is 0 Å². The van der Waals surface area contributed by atoms with Crippen LogP contribution in [0.15, 0.2) is 35.4 Å². The standard InChI is InChI=1S/C13H17N5O/c1-5-14-6-2-12(1)18-7-3-11(4-8-18)15-9-13-16-10-19-17-13/h1-2,5-6,10-11,15H,3-4,7-9H2. The Morgan fingerprint density at radius 3 is 2.74 bits per heavy atom. The second kappa shape index (κ2) is 5.79. The smallest absolute Gasteiger partial charge is 0.213 e. The highest BCUT2D eigenvalue weighted by molar-refractivity contribution is 5.44. The summed E-state index contributed by atoms with van der Waals surface area (Å²) in [5.74, 6) is 0.719. The molecule has 0 saturated carbocycles. The molecule has 0 bridgehead atoms. The Balaban J connectivity index is 1.47. The van der Waals surface area contributed by atoms with Gasteiger partial charge < -0.3 is 14.7 Å². The van der Waals surface area contributed by atoms with Gasteiger partial charge in [-0.1, -0.05) is 5.16 Å². The maximum Gasteiger partial charge on any atom is 0.213 e. The number of nitrogens with one attached hydrogen (secondary N) is 1. The summed E-state index contributed by atoms with van der Waals surface area (Å²) < 4.78 is 4.71. The first-order chi connectivity index (χ1) is 9.42. The van der Waals surface area contributed by atoms with Gasteiger partial charge >= 0.3 is 0 Å². The highest BCUT2D eigenvalue weighted by atomic mass is 16.5. The lowest BCUT2D eigenvalue weighted by atomic mass is 10.0. The van der Waals surface area contributed by atoms with Gasteiger partial charge in [-0.25, -0.2) is 0 Å². The second-order valence-corrected chi connectivity index (χ2v) is 4.70. The predicted octanol–water partition coefficient (Wildman–Crippen LogP) is 1.22. The summed E-state index contributed by atoms with van der Waals surface area (Å²) in [5, 5.41) is 7.27. The quantitative estimate of drug-likeness (QED) is 0.890. The summed E-state index contributed by atoms with van der Waals surface area (Å²) in [6.07, 6.45) is 7.30. The van der Waals surface area contributed by atoms with E-state index in [1.165, 1.54) is 12.1 Å². The van der Waals surface area contributed by atoms with Crippen molar-refractivity contribution in [3.63, 3.8) is 0 Å². The number of hydrogen-bond donors (Lipinski definition) is 1. The van der Waals surface area contributed by atoms with E-state index in [1.807, 2.05) is 12.4 Å². The van der Waals surface area contributed by atoms with Crippen LogP contribution in [0.1, 0.15) is 18.7 Å². The molecule has 6 nitrogen and oxygen atoms in total. The number of piperidine rings is 1. The monoisotopic (exact) mass is 259 g/mol. The van der Waals surface area contributed by atoms with Crippen LogP contribution in [0.25, 0.3) is 0 Å². The van der Waals surface area contributed by atoms with Gasteiger partial charge in [-0.15, -0.1) is 0 Å². The average Bonchev–Trinajstić information content (AvgIpc) is 3.00. The Bertz CT molecular complexity index is 479. The number of hydrogen-bond acceptors (Lipinski definition) is 6. The van der Waals surface area contributed by atoms with Gasteiger partial charge in [0, 0.05) is 37.2 Å². The molecule has 1 saturated heterocycles. The third kappa shape index (κ3) is 3.08. The van der Waals surface area contributed by atoms with Crippen LogP contribution in [0, 0.1) is 0 Å². The van der Waals surface area contributed by atoms with Gasteiger partial charge in [0.15, 0.2) is 5.82 Å². The van der Waals surface area contributed by atoms with E-state index in [0.717, 1.165) is 31.8 Å². The molecule has 1 aliphatic rings. The Kier molecular flexibility index (Phi) is 3.69. The van der Waals surface area contributed by atoms with E-state index in [4.69, 9.17) is 4.52 Å². The van der Waals surface area contributed by atoms with Crippen molar-refractivity contribution >= 4 is 5.69 Å². The van der Waals surface area contributed by atoms with E-state index in [0.29, 0.717) is 12.6 Å². The minimum Gasteiger partial charge on any atom is -0.371 e. The molecule has 2 aromatic heterocycles. The van der Waals surface area contributed by atoms with Crippen molar-refractivity contribution in [3.8, 4) is 0 Å². The molecule has 3 rings (SSSR count). The number of aromatic nitrogens is 3. The molecule has 0 unspecified atom stereocenters. The predicted molar refractivity (Wildman–Crippen MR) is 70.6 cm³/mol. The molecule has 100 valence electrons. The maximum atomic E-state index is 4.71. The van der Waals surface area contributed by atoms with Gasteiger partial charge in [0.1, 0.15) is 0 Å². The molecule has 0 radical (unpaired) electrons. The Morgan fingerprint density at radius 1 is 1.26 bits per heavy atom. The van der Waals surface area contributed by atoms with E-state index in [9.17, 15) is 0 Å². The molecular formula is C13H17N5O. The molecule has 6 heteroatoms. The molecule has 0 aliphatic carbocycles. The van der Waals surface area contributed by atoms with Crippen LogP contribution in [0.3, 0.4) is 0 Å². The normalized spacial score (nSPS) is 16.7. The largest absolute Gasteiger partial charge is 0.371 e. The lowest BCUT2D eigenvalue weighted by Gasteiger charge is -2.33. The number of rotatable bonds is 4. The molecule has 0 spiro atoms. The van der Waals surface area contributed by atoms with Gasteiger partial charge in [0.05, 0.1) is 6.54 Å². The molecule has 1 aliphatic heterocycles. The molecule has 2 aromatic rings. The summed E-state index contributed by atoms with van der Waals surface area (Å²) in [6, 6.07) is 4.65. The summed E-state index contributed by atoms with van der Waals surface area (Å²) in [5.41, 5.74) is 1.26. The van der Waals surface area contributed by atoms with E-state index >= 15 is 0 Å². The molecule has 0 atom stereocenters. The fraction of sp³-hybridized carbons (Fsp3) is 0.462. The zero-order valence-corrected chi connectivity index (χ0v) is 10.7. The van der Waals surface area contributed by atoms with E-state index < -0.39 is 0 Å². The van der Waals surface area contributed by atoms with Gasteiger partial charge in [-0.3, -0.25) is 4.98 Å². The van der Waals surface area contributed by atoms with Crippen molar-refractivity contribution in [3.05, 3.63) is 36.7 Å². The third-order valence-corrected chi connectivity index (χ3v) is 3.48. The van der Waals surface area contributed by atoms with Crippen molar-refractivity contribution in [2.45, 2.75) is 25.4 Å². The van der Waals surface area contributed by atoms with Crippen molar-refractivity contribution in [2.75, 3.05) is 18.0 Å². The van der Waals surface area contributed by atoms with Gasteiger partial charge in [-0.2, -0.15) is 4.98 Å². The van der Waals surface area contributed by atoms with Crippen LogP contribution in [0.4, 0.5) is 5.69 Å². The summed E-state index contributed by atoms with van der Waals surface area (Å²) in [7, 11) is 0. The molecule has 0 amide bonds. The first kappa shape index (κ1) is 12.1. The topological polar surface area (TPSA) is 67.1 Å². The third-order valence-electron chi connectivity index (χ3n) is 3.48. The zero-order chi connectivity index (χ0) is 12.9. The minimum atomic E-state index is 0.525. The van der Waals surface area contributed by atoms with Gasteiger partial charge in [0.2, 0.25) is 6.39 Å². The first-order valence-corrected chi connectivity index (χ1v) is 6.55. The molecule has 1 fully saturated rings. The summed E-state index contributed by atoms with van der Waals surface area (Å²) >= 11 is 0. The lowest BCUT2D eigenvalue weighted by molar-refractivity contribution is 0.387. The van der Waals surface area contributed by atoms with Crippen LogP contribution in [-0.2, 0) is 6.54 Å². The van der Waals surface area contributed by atoms with E-state index in [-0.39, 0.29) is 0 Å². The van der Waals surface area contributed by atoms with Crippen molar-refractivity contribution in [1.82, 2.24) is 20.4 Å². The average molecular weight is 259 g/mol. The van der Waals surface area contributed by atoms with Crippen LogP contribution >= 0.6 is 0 Å². The van der Waals surface area contributed by atoms with Crippen molar-refractivity contribution < 1.29 is 4.52 Å². The SMILES string of the molecule is c1cc(N2CCC(NCc3ncon3)CC2)ccn1. The van der Waals surface area contributed by atoms with Gasteiger partial charge in [0.25, 0.3) is 0 Å². The van der Waals surface area contributed by atoms with Crippen LogP contribution in [-0.4, -0.2) is 34.3 Å². The lowest BCUT2D eigenvalue weighted by Crippen LogP contribution is -2.42. The molecule has 3 heterocycles. The zero-order valence-electron chi connectivity index (χ0n) is 10.7. The fourth-order valence-electron chi connectivity index (χ4n) is 2.40. The van der Waals surface area contributed by atoms with Crippen LogP contribution in [0.2, 0.25) is 0 Å². The van der Waals surface area contributed by atoms with Gasteiger partial charge in [-0.05, 0) is 25.0 Å².